The molecule has 3 aromatic rings. The fourth-order valence-corrected chi connectivity index (χ4v) is 3.02. The van der Waals surface area contributed by atoms with Crippen LogP contribution in [0, 0.1) is 5.92 Å². The summed E-state index contributed by atoms with van der Waals surface area (Å²) in [5, 5.41) is 6.05. The van der Waals surface area contributed by atoms with Crippen LogP contribution in [0.5, 0.6) is 0 Å². The highest BCUT2D eigenvalue weighted by molar-refractivity contribution is 5.93. The first-order valence-electron chi connectivity index (χ1n) is 8.02. The van der Waals surface area contributed by atoms with E-state index in [1.807, 2.05) is 6.07 Å². The standard InChI is InChI=1S/C21H22N2/c1-15(2)11-18-5-3-4-6-21(18)19-10-9-17-8-7-16(14-23-22)12-20(17)13-19/h3-10,12-15H,11,22H2,1-2H3. The predicted molar refractivity (Wildman–Crippen MR) is 99.7 cm³/mol. The zero-order valence-electron chi connectivity index (χ0n) is 13.7. The first-order valence-corrected chi connectivity index (χ1v) is 8.02. The van der Waals surface area contributed by atoms with Crippen LogP contribution in [0.1, 0.15) is 25.0 Å². The minimum absolute atomic E-state index is 0.643. The van der Waals surface area contributed by atoms with E-state index in [-0.39, 0.29) is 0 Å². The average molecular weight is 302 g/mol. The van der Waals surface area contributed by atoms with Gasteiger partial charge in [-0.3, -0.25) is 0 Å². The van der Waals surface area contributed by atoms with E-state index in [1.54, 1.807) is 6.21 Å². The number of nitrogens with two attached hydrogens (primary N) is 1. The van der Waals surface area contributed by atoms with Crippen LogP contribution < -0.4 is 5.84 Å². The zero-order chi connectivity index (χ0) is 16.2. The molecule has 0 aliphatic heterocycles. The van der Waals surface area contributed by atoms with Crippen molar-refractivity contribution in [3.8, 4) is 11.1 Å². The number of benzene rings is 3. The predicted octanol–water partition coefficient (Wildman–Crippen LogP) is 5.00. The van der Waals surface area contributed by atoms with Crippen LogP contribution >= 0.6 is 0 Å². The molecule has 23 heavy (non-hydrogen) atoms. The maximum Gasteiger partial charge on any atom is 0.0538 e. The Kier molecular flexibility index (Phi) is 4.42. The van der Waals surface area contributed by atoms with Crippen molar-refractivity contribution < 1.29 is 0 Å². The lowest BCUT2D eigenvalue weighted by Gasteiger charge is -2.12. The van der Waals surface area contributed by atoms with Gasteiger partial charge < -0.3 is 5.84 Å². The van der Waals surface area contributed by atoms with Crippen molar-refractivity contribution in [2.75, 3.05) is 0 Å². The molecule has 2 heteroatoms. The molecule has 0 unspecified atom stereocenters. The van der Waals surface area contributed by atoms with Crippen molar-refractivity contribution in [1.82, 2.24) is 0 Å². The summed E-state index contributed by atoms with van der Waals surface area (Å²) in [5.41, 5.74) is 5.01. The summed E-state index contributed by atoms with van der Waals surface area (Å²) < 4.78 is 0. The fourth-order valence-electron chi connectivity index (χ4n) is 3.02. The number of fused-ring (bicyclic) bond motifs is 1. The molecular formula is C21H22N2. The maximum atomic E-state index is 5.26. The van der Waals surface area contributed by atoms with Gasteiger partial charge >= 0.3 is 0 Å². The van der Waals surface area contributed by atoms with Gasteiger partial charge in [-0.15, -0.1) is 0 Å². The molecule has 2 nitrogen and oxygen atoms in total. The van der Waals surface area contributed by atoms with Crippen molar-refractivity contribution >= 4 is 17.0 Å². The molecule has 3 aromatic carbocycles. The average Bonchev–Trinajstić information content (AvgIpc) is 2.54. The first kappa shape index (κ1) is 15.3. The Morgan fingerprint density at radius 2 is 1.74 bits per heavy atom. The van der Waals surface area contributed by atoms with Gasteiger partial charge in [0.2, 0.25) is 0 Å². The number of hydrazone groups is 1. The Bertz CT molecular complexity index is 847. The summed E-state index contributed by atoms with van der Waals surface area (Å²) >= 11 is 0. The van der Waals surface area contributed by atoms with Gasteiger partial charge in [0.25, 0.3) is 0 Å². The second kappa shape index (κ2) is 6.66. The monoisotopic (exact) mass is 302 g/mol. The highest BCUT2D eigenvalue weighted by Crippen LogP contribution is 2.29. The van der Waals surface area contributed by atoms with Gasteiger partial charge in [0.05, 0.1) is 6.21 Å². The molecule has 2 N–H and O–H groups in total. The molecule has 0 aromatic heterocycles. The van der Waals surface area contributed by atoms with Gasteiger partial charge in [-0.05, 0) is 57.5 Å². The van der Waals surface area contributed by atoms with Gasteiger partial charge in [0.1, 0.15) is 0 Å². The smallest absolute Gasteiger partial charge is 0.0538 e. The minimum atomic E-state index is 0.643. The van der Waals surface area contributed by atoms with Gasteiger partial charge in [-0.2, -0.15) is 5.10 Å². The van der Waals surface area contributed by atoms with Crippen molar-refractivity contribution in [1.29, 1.82) is 0 Å². The van der Waals surface area contributed by atoms with E-state index >= 15 is 0 Å². The summed E-state index contributed by atoms with van der Waals surface area (Å²) in [5.74, 6) is 5.90. The molecule has 0 saturated carbocycles. The van der Waals surface area contributed by atoms with Crippen LogP contribution in [0.15, 0.2) is 65.8 Å². The van der Waals surface area contributed by atoms with Crippen molar-refractivity contribution in [2.45, 2.75) is 20.3 Å². The van der Waals surface area contributed by atoms with Gasteiger partial charge in [-0.25, -0.2) is 0 Å². The van der Waals surface area contributed by atoms with E-state index in [4.69, 9.17) is 5.84 Å². The molecule has 0 amide bonds. The van der Waals surface area contributed by atoms with Crippen molar-refractivity contribution in [3.05, 3.63) is 71.8 Å². The molecule has 0 radical (unpaired) electrons. The molecule has 0 heterocycles. The minimum Gasteiger partial charge on any atom is -0.323 e. The Morgan fingerprint density at radius 3 is 2.52 bits per heavy atom. The van der Waals surface area contributed by atoms with E-state index in [2.05, 4.69) is 73.5 Å². The first-order chi connectivity index (χ1) is 11.2. The lowest BCUT2D eigenvalue weighted by molar-refractivity contribution is 0.648. The summed E-state index contributed by atoms with van der Waals surface area (Å²) in [6.45, 7) is 4.52. The van der Waals surface area contributed by atoms with Crippen LogP contribution in [0.3, 0.4) is 0 Å². The van der Waals surface area contributed by atoms with E-state index < -0.39 is 0 Å². The topological polar surface area (TPSA) is 38.4 Å². The molecule has 0 aliphatic rings. The summed E-state index contributed by atoms with van der Waals surface area (Å²) in [7, 11) is 0. The van der Waals surface area contributed by atoms with Crippen LogP contribution in [-0.2, 0) is 6.42 Å². The summed E-state index contributed by atoms with van der Waals surface area (Å²) in [4.78, 5) is 0. The Balaban J connectivity index is 2.09. The quantitative estimate of drug-likeness (QED) is 0.411. The maximum absolute atomic E-state index is 5.26. The number of nitrogens with zero attached hydrogens (tertiary/aromatic N) is 1. The fraction of sp³-hybridized carbons (Fsp3) is 0.190. The number of hydrogen-bond acceptors (Lipinski definition) is 2. The van der Waals surface area contributed by atoms with E-state index in [0.717, 1.165) is 12.0 Å². The second-order valence-electron chi connectivity index (χ2n) is 6.35. The van der Waals surface area contributed by atoms with Crippen LogP contribution in [0.4, 0.5) is 0 Å². The van der Waals surface area contributed by atoms with Crippen molar-refractivity contribution in [2.24, 2.45) is 16.9 Å². The molecular weight excluding hydrogens is 280 g/mol. The highest BCUT2D eigenvalue weighted by Gasteiger charge is 2.07. The van der Waals surface area contributed by atoms with Gasteiger partial charge in [0.15, 0.2) is 0 Å². The van der Waals surface area contributed by atoms with E-state index in [0.29, 0.717) is 5.92 Å². The molecule has 0 saturated heterocycles. The molecule has 0 aliphatic carbocycles. The van der Waals surface area contributed by atoms with Gasteiger partial charge in [-0.1, -0.05) is 62.4 Å². The highest BCUT2D eigenvalue weighted by atomic mass is 15.1. The zero-order valence-corrected chi connectivity index (χ0v) is 13.7. The van der Waals surface area contributed by atoms with Crippen LogP contribution in [0.2, 0.25) is 0 Å². The SMILES string of the molecule is CC(C)Cc1ccccc1-c1ccc2ccc(C=NN)cc2c1. The molecule has 0 fully saturated rings. The molecule has 0 bridgehead atoms. The third-order valence-corrected chi connectivity index (χ3v) is 4.04. The third kappa shape index (κ3) is 3.42. The Hall–Kier alpha value is -2.61. The molecule has 116 valence electrons. The number of rotatable bonds is 4. The van der Waals surface area contributed by atoms with Crippen LogP contribution in [-0.4, -0.2) is 6.21 Å². The lowest BCUT2D eigenvalue weighted by Crippen LogP contribution is -1.96. The van der Waals surface area contributed by atoms with E-state index in [9.17, 15) is 0 Å². The van der Waals surface area contributed by atoms with Crippen molar-refractivity contribution in [3.63, 3.8) is 0 Å². The van der Waals surface area contributed by atoms with Gasteiger partial charge in [0, 0.05) is 0 Å². The number of hydrogen-bond donors (Lipinski definition) is 1. The molecule has 0 spiro atoms. The van der Waals surface area contributed by atoms with Crippen LogP contribution in [0.25, 0.3) is 21.9 Å². The lowest BCUT2D eigenvalue weighted by atomic mass is 9.92. The second-order valence-corrected chi connectivity index (χ2v) is 6.35. The third-order valence-electron chi connectivity index (χ3n) is 4.04. The molecule has 0 atom stereocenters. The molecule has 3 rings (SSSR count). The Labute approximate surface area is 137 Å². The Morgan fingerprint density at radius 1 is 0.957 bits per heavy atom. The normalized spacial score (nSPS) is 11.6. The largest absolute Gasteiger partial charge is 0.323 e. The van der Waals surface area contributed by atoms with E-state index in [1.165, 1.54) is 27.5 Å². The summed E-state index contributed by atoms with van der Waals surface area (Å²) in [6, 6.07) is 21.6. The summed E-state index contributed by atoms with van der Waals surface area (Å²) in [6.07, 6.45) is 2.77.